The van der Waals surface area contributed by atoms with Crippen LogP contribution < -0.4 is 15.5 Å². The molecule has 1 aliphatic rings. The van der Waals surface area contributed by atoms with Crippen LogP contribution in [-0.4, -0.2) is 24.6 Å². The van der Waals surface area contributed by atoms with Crippen LogP contribution >= 0.6 is 0 Å². The van der Waals surface area contributed by atoms with Crippen LogP contribution in [0, 0.1) is 13.8 Å². The lowest BCUT2D eigenvalue weighted by molar-refractivity contribution is 0.0953. The number of ether oxygens (including phenoxy) is 1. The van der Waals surface area contributed by atoms with Gasteiger partial charge in [-0.2, -0.15) is 5.10 Å². The minimum absolute atomic E-state index is 0.273. The Kier molecular flexibility index (Phi) is 6.07. The van der Waals surface area contributed by atoms with Crippen LogP contribution in [0.15, 0.2) is 58.0 Å². The molecule has 0 saturated heterocycles. The van der Waals surface area contributed by atoms with Gasteiger partial charge in [0.15, 0.2) is 5.76 Å². The summed E-state index contributed by atoms with van der Waals surface area (Å²) in [5.74, 6) is 1.06. The van der Waals surface area contributed by atoms with Crippen molar-refractivity contribution in [1.82, 2.24) is 5.43 Å². The van der Waals surface area contributed by atoms with Crippen LogP contribution in [0.5, 0.6) is 5.75 Å². The predicted molar refractivity (Wildman–Crippen MR) is 123 cm³/mol. The molecule has 1 aromatic heterocycles. The number of nitrogens with zero attached hydrogens (tertiary/aromatic N) is 1. The minimum atomic E-state index is -0.314. The number of hydrazone groups is 1. The molecular formula is C25H25N3O4. The average molecular weight is 431 g/mol. The van der Waals surface area contributed by atoms with Crippen LogP contribution in [0.25, 0.3) is 0 Å². The second-order valence-corrected chi connectivity index (χ2v) is 7.70. The van der Waals surface area contributed by atoms with Gasteiger partial charge < -0.3 is 14.5 Å². The van der Waals surface area contributed by atoms with Gasteiger partial charge in [0.1, 0.15) is 11.5 Å². The van der Waals surface area contributed by atoms with E-state index in [1.807, 2.05) is 38.1 Å². The van der Waals surface area contributed by atoms with Gasteiger partial charge in [-0.3, -0.25) is 9.59 Å². The van der Waals surface area contributed by atoms with Crippen molar-refractivity contribution in [3.63, 3.8) is 0 Å². The molecule has 164 valence electrons. The summed E-state index contributed by atoms with van der Waals surface area (Å²) in [6.07, 6.45) is 2.24. The summed E-state index contributed by atoms with van der Waals surface area (Å²) in [5.41, 5.74) is 7.06. The second-order valence-electron chi connectivity index (χ2n) is 7.70. The van der Waals surface area contributed by atoms with Gasteiger partial charge in [-0.25, -0.2) is 5.43 Å². The highest BCUT2D eigenvalue weighted by Gasteiger charge is 2.28. The number of fused-ring (bicyclic) bond motifs is 1. The Balaban J connectivity index is 1.55. The van der Waals surface area contributed by atoms with Crippen molar-refractivity contribution >= 4 is 23.2 Å². The summed E-state index contributed by atoms with van der Waals surface area (Å²) in [7, 11) is 1.57. The predicted octanol–water partition coefficient (Wildman–Crippen LogP) is 4.63. The van der Waals surface area contributed by atoms with Crippen LogP contribution in [-0.2, 0) is 6.42 Å². The number of aryl methyl sites for hydroxylation is 2. The van der Waals surface area contributed by atoms with Gasteiger partial charge in [0.25, 0.3) is 11.8 Å². The number of hydrogen-bond acceptors (Lipinski definition) is 5. The van der Waals surface area contributed by atoms with Gasteiger partial charge in [0.2, 0.25) is 0 Å². The lowest BCUT2D eigenvalue weighted by Gasteiger charge is -2.13. The Labute approximate surface area is 186 Å². The Morgan fingerprint density at radius 2 is 1.75 bits per heavy atom. The van der Waals surface area contributed by atoms with Crippen LogP contribution in [0.4, 0.5) is 5.69 Å². The molecular weight excluding hydrogens is 406 g/mol. The average Bonchev–Trinajstić information content (AvgIpc) is 3.16. The topological polar surface area (TPSA) is 92.9 Å². The molecule has 0 radical (unpaired) electrons. The lowest BCUT2D eigenvalue weighted by atomic mass is 9.93. The number of furan rings is 1. The fourth-order valence-corrected chi connectivity index (χ4v) is 3.81. The van der Waals surface area contributed by atoms with E-state index in [2.05, 4.69) is 15.8 Å². The molecule has 3 aromatic rings. The molecule has 7 heteroatoms. The fourth-order valence-electron chi connectivity index (χ4n) is 3.81. The van der Waals surface area contributed by atoms with E-state index in [1.165, 1.54) is 0 Å². The standard InChI is InChI=1S/C25H25N3O4/c1-15-7-4-5-8-19(15)26-25(30)23-16(2)22-20(9-6-10-21(22)32-23)27-28-24(29)17-11-13-18(31-3)14-12-17/h4-5,7-8,11-14H,6,9-10H2,1-3H3,(H,26,30)(H,28,29)/b27-20+. The Bertz CT molecular complexity index is 1190. The lowest BCUT2D eigenvalue weighted by Crippen LogP contribution is -2.22. The van der Waals surface area contributed by atoms with E-state index in [0.29, 0.717) is 23.4 Å². The van der Waals surface area contributed by atoms with Crippen molar-refractivity contribution in [2.45, 2.75) is 33.1 Å². The maximum atomic E-state index is 12.9. The zero-order chi connectivity index (χ0) is 22.7. The SMILES string of the molecule is COc1ccc(C(=O)N/N=C2\CCCc3oc(C(=O)Nc4ccccc4C)c(C)c32)cc1. The largest absolute Gasteiger partial charge is 0.497 e. The molecule has 0 unspecified atom stereocenters. The van der Waals surface area contributed by atoms with Gasteiger partial charge in [-0.1, -0.05) is 18.2 Å². The van der Waals surface area contributed by atoms with Crippen LogP contribution in [0.1, 0.15) is 56.2 Å². The molecule has 0 aliphatic heterocycles. The number of anilines is 1. The number of rotatable bonds is 5. The zero-order valence-corrected chi connectivity index (χ0v) is 18.3. The molecule has 2 amide bonds. The van der Waals surface area contributed by atoms with Crippen molar-refractivity contribution in [3.8, 4) is 5.75 Å². The van der Waals surface area contributed by atoms with Crippen molar-refractivity contribution in [1.29, 1.82) is 0 Å². The molecule has 1 heterocycles. The van der Waals surface area contributed by atoms with E-state index in [9.17, 15) is 9.59 Å². The number of carbonyl (C=O) groups excluding carboxylic acids is 2. The Morgan fingerprint density at radius 3 is 2.47 bits per heavy atom. The van der Waals surface area contributed by atoms with Crippen LogP contribution in [0.2, 0.25) is 0 Å². The number of hydrogen-bond donors (Lipinski definition) is 2. The summed E-state index contributed by atoms with van der Waals surface area (Å²) in [4.78, 5) is 25.4. The van der Waals surface area contributed by atoms with Gasteiger partial charge in [0, 0.05) is 28.8 Å². The molecule has 32 heavy (non-hydrogen) atoms. The molecule has 0 atom stereocenters. The first-order valence-electron chi connectivity index (χ1n) is 10.5. The third-order valence-corrected chi connectivity index (χ3v) is 5.57. The van der Waals surface area contributed by atoms with Crippen molar-refractivity contribution in [3.05, 3.63) is 82.3 Å². The molecule has 0 spiro atoms. The molecule has 2 aromatic carbocycles. The number of methoxy groups -OCH3 is 1. The van der Waals surface area contributed by atoms with E-state index in [0.717, 1.165) is 41.0 Å². The summed E-state index contributed by atoms with van der Waals surface area (Å²) >= 11 is 0. The quantitative estimate of drug-likeness (QED) is 0.576. The van der Waals surface area contributed by atoms with E-state index in [4.69, 9.17) is 9.15 Å². The zero-order valence-electron chi connectivity index (χ0n) is 18.3. The van der Waals surface area contributed by atoms with Crippen molar-refractivity contribution < 1.29 is 18.7 Å². The molecule has 0 saturated carbocycles. The van der Waals surface area contributed by atoms with Gasteiger partial charge in [-0.15, -0.1) is 0 Å². The number of benzene rings is 2. The van der Waals surface area contributed by atoms with Gasteiger partial charge in [-0.05, 0) is 62.6 Å². The summed E-state index contributed by atoms with van der Waals surface area (Å²) in [6.45, 7) is 3.78. The molecule has 0 bridgehead atoms. The summed E-state index contributed by atoms with van der Waals surface area (Å²) in [6, 6.07) is 14.4. The van der Waals surface area contributed by atoms with Crippen molar-refractivity contribution in [2.75, 3.05) is 12.4 Å². The maximum Gasteiger partial charge on any atom is 0.291 e. The first-order chi connectivity index (χ1) is 15.5. The highest BCUT2D eigenvalue weighted by atomic mass is 16.5. The molecule has 2 N–H and O–H groups in total. The number of carbonyl (C=O) groups is 2. The third-order valence-electron chi connectivity index (χ3n) is 5.57. The highest BCUT2D eigenvalue weighted by molar-refractivity contribution is 6.09. The minimum Gasteiger partial charge on any atom is -0.497 e. The van der Waals surface area contributed by atoms with E-state index >= 15 is 0 Å². The summed E-state index contributed by atoms with van der Waals surface area (Å²) < 4.78 is 11.1. The number of amides is 2. The Hall–Kier alpha value is -3.87. The van der Waals surface area contributed by atoms with E-state index < -0.39 is 0 Å². The number of nitrogens with one attached hydrogen (secondary N) is 2. The third kappa shape index (κ3) is 4.27. The molecule has 7 nitrogen and oxygen atoms in total. The van der Waals surface area contributed by atoms with E-state index in [1.54, 1.807) is 31.4 Å². The normalized spacial score (nSPS) is 14.0. The molecule has 4 rings (SSSR count). The monoisotopic (exact) mass is 431 g/mol. The van der Waals surface area contributed by atoms with Crippen LogP contribution in [0.3, 0.4) is 0 Å². The number of para-hydroxylation sites is 1. The fraction of sp³-hybridized carbons (Fsp3) is 0.240. The van der Waals surface area contributed by atoms with Crippen molar-refractivity contribution in [2.24, 2.45) is 5.10 Å². The Morgan fingerprint density at radius 1 is 1.00 bits per heavy atom. The first kappa shape index (κ1) is 21.4. The summed E-state index contributed by atoms with van der Waals surface area (Å²) in [5, 5.41) is 7.29. The first-order valence-corrected chi connectivity index (χ1v) is 10.5. The smallest absolute Gasteiger partial charge is 0.291 e. The maximum absolute atomic E-state index is 12.9. The van der Waals surface area contributed by atoms with Gasteiger partial charge in [0.05, 0.1) is 12.8 Å². The molecule has 1 aliphatic carbocycles. The highest BCUT2D eigenvalue weighted by Crippen LogP contribution is 2.30. The van der Waals surface area contributed by atoms with Gasteiger partial charge >= 0.3 is 0 Å². The second kappa shape index (κ2) is 9.09. The van der Waals surface area contributed by atoms with E-state index in [-0.39, 0.29) is 17.6 Å². The molecule has 0 fully saturated rings.